The van der Waals surface area contributed by atoms with Crippen molar-refractivity contribution in [3.63, 3.8) is 0 Å². The first-order chi connectivity index (χ1) is 14.5. The van der Waals surface area contributed by atoms with Crippen molar-refractivity contribution in [2.75, 3.05) is 22.0 Å². The second-order valence-electron chi connectivity index (χ2n) is 7.33. The summed E-state index contributed by atoms with van der Waals surface area (Å²) in [4.78, 5) is 17.4. The highest BCUT2D eigenvalue weighted by Gasteiger charge is 2.34. The molecular weight excluding hydrogens is 462 g/mol. The Bertz CT molecular complexity index is 1420. The van der Waals surface area contributed by atoms with Gasteiger partial charge >= 0.3 is 0 Å². The summed E-state index contributed by atoms with van der Waals surface area (Å²) in [5.74, 6) is -1.24. The van der Waals surface area contributed by atoms with Crippen LogP contribution in [-0.2, 0) is 24.7 Å². The molecule has 2 heterocycles. The number of carbonyl (C=O) groups excluding carboxylic acids is 1. The molecule has 0 saturated heterocycles. The van der Waals surface area contributed by atoms with E-state index in [2.05, 4.69) is 15.0 Å². The van der Waals surface area contributed by atoms with E-state index in [0.29, 0.717) is 32.7 Å². The minimum Gasteiger partial charge on any atom is -0.324 e. The molecule has 1 unspecified atom stereocenters. The van der Waals surface area contributed by atoms with Gasteiger partial charge in [0.05, 0.1) is 34.7 Å². The number of amides is 1. The molecule has 3 aromatic rings. The van der Waals surface area contributed by atoms with Crippen LogP contribution in [0.5, 0.6) is 0 Å². The average Bonchev–Trinajstić information content (AvgIpc) is 2.67. The minimum atomic E-state index is -3.47. The van der Waals surface area contributed by atoms with Gasteiger partial charge in [-0.2, -0.15) is 0 Å². The van der Waals surface area contributed by atoms with E-state index in [-0.39, 0.29) is 17.1 Å². The Labute approximate surface area is 184 Å². The molecule has 1 amide bonds. The Hall–Kier alpha value is -2.69. The lowest BCUT2D eigenvalue weighted by atomic mass is 9.94. The zero-order chi connectivity index (χ0) is 22.4. The number of hydrogen-bond donors (Lipinski definition) is 2. The number of sulfone groups is 1. The molecule has 31 heavy (non-hydrogen) atoms. The quantitative estimate of drug-likeness (QED) is 0.592. The first-order valence-corrected chi connectivity index (χ1v) is 13.1. The summed E-state index contributed by atoms with van der Waals surface area (Å²) in [5.41, 5.74) is 1.10. The summed E-state index contributed by atoms with van der Waals surface area (Å²) in [5, 5.41) is 4.45. The van der Waals surface area contributed by atoms with Gasteiger partial charge in [0.25, 0.3) is 0 Å². The van der Waals surface area contributed by atoms with Crippen LogP contribution < -0.4 is 10.0 Å². The van der Waals surface area contributed by atoms with Crippen LogP contribution in [0, 0.1) is 0 Å². The second-order valence-corrected chi connectivity index (χ2v) is 11.6. The Kier molecular flexibility index (Phi) is 5.40. The van der Waals surface area contributed by atoms with Crippen LogP contribution >= 0.6 is 11.6 Å². The monoisotopic (exact) mass is 479 g/mol. The van der Waals surface area contributed by atoms with Crippen molar-refractivity contribution < 1.29 is 21.6 Å². The highest BCUT2D eigenvalue weighted by molar-refractivity contribution is 7.92. The molecule has 2 aromatic carbocycles. The molecular formula is C20H18ClN3O5S2. The number of sulfonamides is 1. The molecule has 1 aromatic heterocycles. The number of fused-ring (bicyclic) bond motifs is 2. The summed E-state index contributed by atoms with van der Waals surface area (Å²) in [7, 11) is -6.94. The topological polar surface area (TPSA) is 122 Å². The molecule has 4 rings (SSSR count). The van der Waals surface area contributed by atoms with Crippen molar-refractivity contribution in [2.45, 2.75) is 17.2 Å². The van der Waals surface area contributed by atoms with Crippen LogP contribution in [0.4, 0.5) is 11.4 Å². The summed E-state index contributed by atoms with van der Waals surface area (Å²) >= 11 is 6.06. The molecule has 0 saturated carbocycles. The van der Waals surface area contributed by atoms with Crippen LogP contribution in [0.2, 0.25) is 5.02 Å². The van der Waals surface area contributed by atoms with Crippen LogP contribution in [-0.4, -0.2) is 39.7 Å². The maximum absolute atomic E-state index is 13.1. The zero-order valence-corrected chi connectivity index (χ0v) is 18.7. The summed E-state index contributed by atoms with van der Waals surface area (Å²) < 4.78 is 50.3. The normalized spacial score (nSPS) is 17.7. The Balaban J connectivity index is 1.71. The number of aromatic nitrogens is 1. The van der Waals surface area contributed by atoms with Gasteiger partial charge in [-0.1, -0.05) is 17.7 Å². The largest absolute Gasteiger partial charge is 0.324 e. The van der Waals surface area contributed by atoms with Gasteiger partial charge in [0.1, 0.15) is 0 Å². The average molecular weight is 480 g/mol. The number of benzene rings is 2. The fraction of sp³-hybridized carbons (Fsp3) is 0.200. The molecule has 0 spiro atoms. The summed E-state index contributed by atoms with van der Waals surface area (Å²) in [6.07, 6.45) is 4.23. The number of nitrogens with one attached hydrogen (secondary N) is 2. The third-order valence-electron chi connectivity index (χ3n) is 5.00. The van der Waals surface area contributed by atoms with Gasteiger partial charge in [-0.25, -0.2) is 16.8 Å². The van der Waals surface area contributed by atoms with Crippen molar-refractivity contribution >= 4 is 59.5 Å². The number of anilines is 2. The predicted octanol–water partition coefficient (Wildman–Crippen LogP) is 3.16. The molecule has 11 heteroatoms. The number of hydrogen-bond acceptors (Lipinski definition) is 6. The molecule has 0 fully saturated rings. The van der Waals surface area contributed by atoms with E-state index in [1.54, 1.807) is 24.4 Å². The Morgan fingerprint density at radius 3 is 2.68 bits per heavy atom. The minimum absolute atomic E-state index is 0.110. The summed E-state index contributed by atoms with van der Waals surface area (Å²) in [6.45, 7) is 0. The molecule has 1 atom stereocenters. The smallest absolute Gasteiger partial charge is 0.232 e. The number of rotatable bonds is 4. The van der Waals surface area contributed by atoms with Crippen LogP contribution in [0.1, 0.15) is 17.9 Å². The maximum atomic E-state index is 13.1. The third-order valence-corrected chi connectivity index (χ3v) is 7.65. The predicted molar refractivity (Wildman–Crippen MR) is 120 cm³/mol. The molecule has 1 aliphatic heterocycles. The molecule has 8 nitrogen and oxygen atoms in total. The van der Waals surface area contributed by atoms with Gasteiger partial charge in [-0.15, -0.1) is 0 Å². The molecule has 0 radical (unpaired) electrons. The van der Waals surface area contributed by atoms with Crippen LogP contribution in [0.25, 0.3) is 10.8 Å². The lowest BCUT2D eigenvalue weighted by Crippen LogP contribution is -2.29. The Morgan fingerprint density at radius 1 is 1.16 bits per heavy atom. The van der Waals surface area contributed by atoms with Crippen molar-refractivity contribution in [3.05, 3.63) is 59.4 Å². The van der Waals surface area contributed by atoms with Gasteiger partial charge in [0, 0.05) is 27.7 Å². The second kappa shape index (κ2) is 7.77. The maximum Gasteiger partial charge on any atom is 0.232 e. The van der Waals surface area contributed by atoms with Crippen LogP contribution in [0.3, 0.4) is 0 Å². The van der Waals surface area contributed by atoms with E-state index < -0.39 is 31.7 Å². The third kappa shape index (κ3) is 4.51. The van der Waals surface area contributed by atoms with E-state index >= 15 is 0 Å². The van der Waals surface area contributed by atoms with E-state index in [1.807, 2.05) is 0 Å². The van der Waals surface area contributed by atoms with E-state index in [1.165, 1.54) is 24.4 Å². The van der Waals surface area contributed by atoms with E-state index in [0.717, 1.165) is 6.26 Å². The highest BCUT2D eigenvalue weighted by atomic mass is 35.5. The molecule has 2 N–H and O–H groups in total. The fourth-order valence-electron chi connectivity index (χ4n) is 3.65. The van der Waals surface area contributed by atoms with E-state index in [9.17, 15) is 21.6 Å². The van der Waals surface area contributed by atoms with Gasteiger partial charge in [0.2, 0.25) is 15.9 Å². The zero-order valence-electron chi connectivity index (χ0n) is 16.3. The SMILES string of the molecule is CS(=O)(=O)Nc1ccc2cncc(NC(=O)C3CCS(=O)(=O)c4ccc(Cl)cc43)c2c1. The van der Waals surface area contributed by atoms with Gasteiger partial charge in [-0.3, -0.25) is 14.5 Å². The standard InChI is InChI=1S/C20H18ClN3O5S2/c1-30(26,27)24-14-4-2-12-10-22-11-18(16(12)9-14)23-20(25)15-6-7-31(28,29)19-5-3-13(21)8-17(15)19/h2-5,8-11,15,24H,6-7H2,1H3,(H,23,25). The first-order valence-electron chi connectivity index (χ1n) is 9.22. The van der Waals surface area contributed by atoms with Gasteiger partial charge in [0.15, 0.2) is 9.84 Å². The van der Waals surface area contributed by atoms with Gasteiger partial charge in [-0.05, 0) is 42.3 Å². The molecule has 0 aliphatic carbocycles. The van der Waals surface area contributed by atoms with Crippen LogP contribution in [0.15, 0.2) is 53.7 Å². The van der Waals surface area contributed by atoms with Crippen molar-refractivity contribution in [1.29, 1.82) is 0 Å². The fourth-order valence-corrected chi connectivity index (χ4v) is 5.98. The van der Waals surface area contributed by atoms with Gasteiger partial charge < -0.3 is 5.32 Å². The lowest BCUT2D eigenvalue weighted by Gasteiger charge is -2.25. The number of halogens is 1. The first kappa shape index (κ1) is 21.5. The molecule has 0 bridgehead atoms. The lowest BCUT2D eigenvalue weighted by molar-refractivity contribution is -0.117. The van der Waals surface area contributed by atoms with Crippen molar-refractivity contribution in [1.82, 2.24) is 4.98 Å². The van der Waals surface area contributed by atoms with Crippen molar-refractivity contribution in [2.24, 2.45) is 0 Å². The molecule has 1 aliphatic rings. The summed E-state index contributed by atoms with van der Waals surface area (Å²) in [6, 6.07) is 9.31. The Morgan fingerprint density at radius 2 is 1.94 bits per heavy atom. The number of nitrogens with zero attached hydrogens (tertiary/aromatic N) is 1. The molecule has 162 valence electrons. The number of carbonyl (C=O) groups is 1. The van der Waals surface area contributed by atoms with Crippen molar-refractivity contribution in [3.8, 4) is 0 Å². The van der Waals surface area contributed by atoms with E-state index in [4.69, 9.17) is 11.6 Å². The number of pyridine rings is 1. The highest BCUT2D eigenvalue weighted by Crippen LogP contribution is 2.36.